The summed E-state index contributed by atoms with van der Waals surface area (Å²) in [5.74, 6) is -0.0431. The van der Waals surface area contributed by atoms with Crippen LogP contribution in [0.15, 0.2) is 0 Å². The Morgan fingerprint density at radius 1 is 1.25 bits per heavy atom. The number of hydrogen-bond donors (Lipinski definition) is 1. The van der Waals surface area contributed by atoms with E-state index in [4.69, 9.17) is 4.74 Å². The molecule has 0 radical (unpaired) electrons. The number of carboxylic acids is 1. The summed E-state index contributed by atoms with van der Waals surface area (Å²) < 4.78 is 5.89. The van der Waals surface area contributed by atoms with Crippen molar-refractivity contribution in [3.05, 3.63) is 0 Å². The molecule has 0 aromatic heterocycles. The zero-order valence-corrected chi connectivity index (χ0v) is 10.7. The zero-order chi connectivity index (χ0) is 12.2. The van der Waals surface area contributed by atoms with E-state index in [1.165, 1.54) is 0 Å². The molecule has 1 rings (SSSR count). The normalized spacial score (nSPS) is 26.7. The van der Waals surface area contributed by atoms with Crippen molar-refractivity contribution in [2.24, 2.45) is 5.92 Å². The van der Waals surface area contributed by atoms with Gasteiger partial charge in [0.25, 0.3) is 0 Å². The van der Waals surface area contributed by atoms with Crippen molar-refractivity contribution in [1.82, 2.24) is 0 Å². The second-order valence-corrected chi connectivity index (χ2v) is 5.01. The second kappa shape index (κ2) is 5.67. The quantitative estimate of drug-likeness (QED) is 0.785. The molecule has 1 saturated carbocycles. The zero-order valence-electron chi connectivity index (χ0n) is 10.7. The first-order chi connectivity index (χ1) is 7.54. The molecule has 0 spiro atoms. The first kappa shape index (κ1) is 13.5. The average molecular weight is 228 g/mol. The molecular weight excluding hydrogens is 204 g/mol. The minimum Gasteiger partial charge on any atom is -0.479 e. The maximum absolute atomic E-state index is 11.3. The third-order valence-corrected chi connectivity index (χ3v) is 3.89. The van der Waals surface area contributed by atoms with Gasteiger partial charge in [0.1, 0.15) is 0 Å². The first-order valence-corrected chi connectivity index (χ1v) is 6.45. The number of aliphatic carboxylic acids is 1. The molecule has 0 saturated heterocycles. The van der Waals surface area contributed by atoms with E-state index in [9.17, 15) is 9.90 Å². The van der Waals surface area contributed by atoms with E-state index in [0.29, 0.717) is 12.8 Å². The minimum absolute atomic E-state index is 0.146. The summed E-state index contributed by atoms with van der Waals surface area (Å²) in [5.41, 5.74) is -0.953. The molecule has 0 heterocycles. The molecule has 3 nitrogen and oxygen atoms in total. The fourth-order valence-corrected chi connectivity index (χ4v) is 2.44. The lowest BCUT2D eigenvalue weighted by atomic mass is 9.88. The van der Waals surface area contributed by atoms with Gasteiger partial charge in [-0.1, -0.05) is 20.8 Å². The molecule has 94 valence electrons. The predicted molar refractivity (Wildman–Crippen MR) is 63.5 cm³/mol. The first-order valence-electron chi connectivity index (χ1n) is 6.45. The number of hydrogen-bond acceptors (Lipinski definition) is 2. The standard InChI is InChI=1S/C13H24O3/c1-4-13(5-2,12(14)15)16-11-8-6-10(3)7-9-11/h10-11H,4-9H2,1-3H3,(H,14,15). The molecule has 0 aromatic carbocycles. The topological polar surface area (TPSA) is 46.5 Å². The van der Waals surface area contributed by atoms with Gasteiger partial charge >= 0.3 is 5.97 Å². The third kappa shape index (κ3) is 2.97. The van der Waals surface area contributed by atoms with E-state index >= 15 is 0 Å². The second-order valence-electron chi connectivity index (χ2n) is 5.01. The van der Waals surface area contributed by atoms with Gasteiger partial charge in [0.2, 0.25) is 0 Å². The molecule has 0 unspecified atom stereocenters. The van der Waals surface area contributed by atoms with Gasteiger partial charge in [-0.2, -0.15) is 0 Å². The Morgan fingerprint density at radius 2 is 1.75 bits per heavy atom. The van der Waals surface area contributed by atoms with E-state index in [2.05, 4.69) is 6.92 Å². The molecular formula is C13H24O3. The Balaban J connectivity index is 2.58. The number of ether oxygens (including phenoxy) is 1. The molecule has 0 atom stereocenters. The summed E-state index contributed by atoms with van der Waals surface area (Å²) >= 11 is 0. The van der Waals surface area contributed by atoms with Gasteiger partial charge in [-0.3, -0.25) is 0 Å². The molecule has 3 heteroatoms. The Morgan fingerprint density at radius 3 is 2.12 bits per heavy atom. The summed E-state index contributed by atoms with van der Waals surface area (Å²) in [6.45, 7) is 6.03. The lowest BCUT2D eigenvalue weighted by molar-refractivity contribution is -0.178. The fourth-order valence-electron chi connectivity index (χ4n) is 2.44. The van der Waals surface area contributed by atoms with Gasteiger partial charge in [0.05, 0.1) is 6.10 Å². The predicted octanol–water partition coefficient (Wildman–Crippen LogP) is 3.23. The molecule has 1 N–H and O–H groups in total. The molecule has 0 aliphatic heterocycles. The van der Waals surface area contributed by atoms with Gasteiger partial charge in [-0.25, -0.2) is 4.79 Å². The number of carbonyl (C=O) groups is 1. The Labute approximate surface area is 98.2 Å². The average Bonchev–Trinajstić information content (AvgIpc) is 2.28. The molecule has 1 fully saturated rings. The van der Waals surface area contributed by atoms with Crippen LogP contribution in [0, 0.1) is 5.92 Å². The highest BCUT2D eigenvalue weighted by Crippen LogP contribution is 2.31. The van der Waals surface area contributed by atoms with Crippen LogP contribution < -0.4 is 0 Å². The van der Waals surface area contributed by atoms with Gasteiger partial charge in [-0.05, 0) is 44.4 Å². The molecule has 1 aliphatic rings. The highest BCUT2D eigenvalue weighted by atomic mass is 16.5. The van der Waals surface area contributed by atoms with E-state index in [-0.39, 0.29) is 6.10 Å². The minimum atomic E-state index is -0.953. The highest BCUT2D eigenvalue weighted by molar-refractivity contribution is 5.77. The largest absolute Gasteiger partial charge is 0.479 e. The van der Waals surface area contributed by atoms with Crippen molar-refractivity contribution in [2.75, 3.05) is 0 Å². The monoisotopic (exact) mass is 228 g/mol. The molecule has 16 heavy (non-hydrogen) atoms. The highest BCUT2D eigenvalue weighted by Gasteiger charge is 2.38. The van der Waals surface area contributed by atoms with Crippen LogP contribution in [0.25, 0.3) is 0 Å². The smallest absolute Gasteiger partial charge is 0.335 e. The van der Waals surface area contributed by atoms with Crippen molar-refractivity contribution < 1.29 is 14.6 Å². The molecule has 0 amide bonds. The fraction of sp³-hybridized carbons (Fsp3) is 0.923. The summed E-state index contributed by atoms with van der Waals surface area (Å²) in [6.07, 6.45) is 5.58. The maximum Gasteiger partial charge on any atom is 0.335 e. The van der Waals surface area contributed by atoms with E-state index in [0.717, 1.165) is 31.6 Å². The van der Waals surface area contributed by atoms with Gasteiger partial charge in [0.15, 0.2) is 5.60 Å². The lowest BCUT2D eigenvalue weighted by Gasteiger charge is -2.35. The number of rotatable bonds is 5. The van der Waals surface area contributed by atoms with Crippen LogP contribution in [-0.2, 0) is 9.53 Å². The summed E-state index contributed by atoms with van der Waals surface area (Å²) in [4.78, 5) is 11.3. The van der Waals surface area contributed by atoms with Crippen molar-refractivity contribution in [3.63, 3.8) is 0 Å². The molecule has 0 bridgehead atoms. The Bertz CT molecular complexity index is 225. The van der Waals surface area contributed by atoms with Crippen molar-refractivity contribution >= 4 is 5.97 Å². The van der Waals surface area contributed by atoms with Crippen LogP contribution in [0.5, 0.6) is 0 Å². The van der Waals surface area contributed by atoms with Crippen LogP contribution in [0.4, 0.5) is 0 Å². The molecule has 1 aliphatic carbocycles. The van der Waals surface area contributed by atoms with Gasteiger partial charge < -0.3 is 9.84 Å². The Hall–Kier alpha value is -0.570. The van der Waals surface area contributed by atoms with Crippen LogP contribution in [-0.4, -0.2) is 22.8 Å². The van der Waals surface area contributed by atoms with Crippen LogP contribution >= 0.6 is 0 Å². The van der Waals surface area contributed by atoms with Crippen LogP contribution in [0.1, 0.15) is 59.3 Å². The van der Waals surface area contributed by atoms with Crippen molar-refractivity contribution in [3.8, 4) is 0 Å². The van der Waals surface area contributed by atoms with Crippen molar-refractivity contribution in [2.45, 2.75) is 71.0 Å². The SMILES string of the molecule is CCC(CC)(OC1CCC(C)CC1)C(=O)O. The van der Waals surface area contributed by atoms with Crippen LogP contribution in [0.2, 0.25) is 0 Å². The summed E-state index contributed by atoms with van der Waals surface area (Å²) in [6, 6.07) is 0. The van der Waals surface area contributed by atoms with Gasteiger partial charge in [0, 0.05) is 0 Å². The summed E-state index contributed by atoms with van der Waals surface area (Å²) in [7, 11) is 0. The third-order valence-electron chi connectivity index (χ3n) is 3.89. The van der Waals surface area contributed by atoms with E-state index < -0.39 is 11.6 Å². The maximum atomic E-state index is 11.3. The summed E-state index contributed by atoms with van der Waals surface area (Å²) in [5, 5.41) is 9.28. The number of carboxylic acid groups (broad SMARTS) is 1. The van der Waals surface area contributed by atoms with Crippen molar-refractivity contribution in [1.29, 1.82) is 0 Å². The van der Waals surface area contributed by atoms with Gasteiger partial charge in [-0.15, -0.1) is 0 Å². The van der Waals surface area contributed by atoms with Crippen LogP contribution in [0.3, 0.4) is 0 Å². The lowest BCUT2D eigenvalue weighted by Crippen LogP contribution is -2.44. The van der Waals surface area contributed by atoms with E-state index in [1.54, 1.807) is 0 Å². The Kier molecular flexibility index (Phi) is 4.78. The molecule has 0 aromatic rings. The van der Waals surface area contributed by atoms with E-state index in [1.807, 2.05) is 13.8 Å².